The van der Waals surface area contributed by atoms with Gasteiger partial charge in [0.25, 0.3) is 5.91 Å². The molecule has 5 nitrogen and oxygen atoms in total. The monoisotopic (exact) mass is 416 g/mol. The van der Waals surface area contributed by atoms with E-state index in [0.717, 1.165) is 63.7 Å². The molecule has 3 aliphatic rings. The van der Waals surface area contributed by atoms with Crippen LogP contribution in [0, 0.1) is 6.92 Å². The van der Waals surface area contributed by atoms with Crippen molar-refractivity contribution in [2.45, 2.75) is 25.8 Å². The third-order valence-corrected chi connectivity index (χ3v) is 6.71. The second kappa shape index (κ2) is 7.70. The standard InChI is InChI=1S/C24H24N4OS/c1-16-26-22-13-18(5-8-23(22)30-16)17-3-2-4-20-6-7-21(15-28(20)24(29)14-17)27-11-9-19(25)10-12-27/h2-8,13-15,19H,9-12,25H2,1H3/b3-2+,17-14+,20-4+. The molecule has 30 heavy (non-hydrogen) atoms. The highest BCUT2D eigenvalue weighted by molar-refractivity contribution is 7.18. The van der Waals surface area contributed by atoms with Crippen LogP contribution in [0.4, 0.5) is 0 Å². The maximum atomic E-state index is 13.2. The zero-order chi connectivity index (χ0) is 20.7. The molecule has 1 saturated heterocycles. The molecule has 0 atom stereocenters. The Morgan fingerprint density at radius 1 is 1.13 bits per heavy atom. The number of thiazole rings is 1. The third kappa shape index (κ3) is 3.64. The molecule has 1 amide bonds. The fraction of sp³-hybridized carbons (Fsp3) is 0.250. The zero-order valence-corrected chi connectivity index (χ0v) is 17.7. The number of aromatic nitrogens is 1. The molecule has 1 aromatic heterocycles. The van der Waals surface area contributed by atoms with Crippen molar-refractivity contribution in [2.24, 2.45) is 5.73 Å². The summed E-state index contributed by atoms with van der Waals surface area (Å²) in [4.78, 5) is 21.8. The molecule has 2 N–H and O–H groups in total. The lowest BCUT2D eigenvalue weighted by atomic mass is 10.0. The lowest BCUT2D eigenvalue weighted by Gasteiger charge is -2.35. The summed E-state index contributed by atoms with van der Waals surface area (Å²) < 4.78 is 1.16. The highest BCUT2D eigenvalue weighted by Crippen LogP contribution is 2.29. The van der Waals surface area contributed by atoms with Crippen molar-refractivity contribution in [1.29, 1.82) is 0 Å². The lowest BCUT2D eigenvalue weighted by molar-refractivity contribution is -0.122. The molecule has 1 fully saturated rings. The van der Waals surface area contributed by atoms with Crippen LogP contribution in [0.2, 0.25) is 0 Å². The van der Waals surface area contributed by atoms with Crippen LogP contribution in [0.25, 0.3) is 15.8 Å². The second-order valence-electron chi connectivity index (χ2n) is 7.89. The first kappa shape index (κ1) is 19.0. The van der Waals surface area contributed by atoms with Crippen molar-refractivity contribution >= 4 is 33.0 Å². The van der Waals surface area contributed by atoms with Crippen LogP contribution >= 0.6 is 11.3 Å². The molecule has 6 heteroatoms. The molecular weight excluding hydrogens is 392 g/mol. The van der Waals surface area contributed by atoms with Gasteiger partial charge in [-0.05, 0) is 61.3 Å². The van der Waals surface area contributed by atoms with E-state index in [0.29, 0.717) is 0 Å². The van der Waals surface area contributed by atoms with Crippen LogP contribution in [-0.2, 0) is 4.79 Å². The molecule has 0 aliphatic carbocycles. The summed E-state index contributed by atoms with van der Waals surface area (Å²) in [7, 11) is 0. The number of allylic oxidation sites excluding steroid dienone is 6. The molecule has 5 rings (SSSR count). The summed E-state index contributed by atoms with van der Waals surface area (Å²) in [5, 5.41) is 1.05. The molecule has 3 aliphatic heterocycles. The average Bonchev–Trinajstić information content (AvgIpc) is 3.11. The Morgan fingerprint density at radius 2 is 1.93 bits per heavy atom. The molecule has 2 aromatic rings. The molecule has 0 spiro atoms. The topological polar surface area (TPSA) is 62.5 Å². The van der Waals surface area contributed by atoms with E-state index >= 15 is 0 Å². The molecule has 0 bridgehead atoms. The van der Waals surface area contributed by atoms with Gasteiger partial charge in [-0.25, -0.2) is 4.98 Å². The van der Waals surface area contributed by atoms with Crippen molar-refractivity contribution in [3.8, 4) is 0 Å². The van der Waals surface area contributed by atoms with E-state index in [4.69, 9.17) is 5.73 Å². The minimum absolute atomic E-state index is 0.0503. The Hall–Kier alpha value is -2.96. The number of fused-ring (bicyclic) bond motifs is 2. The summed E-state index contributed by atoms with van der Waals surface area (Å²) >= 11 is 1.68. The van der Waals surface area contributed by atoms with Crippen LogP contribution in [-0.4, -0.2) is 39.8 Å². The molecular formula is C24H24N4OS. The van der Waals surface area contributed by atoms with Gasteiger partial charge in [-0.2, -0.15) is 0 Å². The van der Waals surface area contributed by atoms with Gasteiger partial charge in [0.1, 0.15) is 0 Å². The Kier molecular flexibility index (Phi) is 4.89. The molecule has 0 saturated carbocycles. The predicted octanol–water partition coefficient (Wildman–Crippen LogP) is 4.10. The SMILES string of the molecule is Cc1nc2cc(C3=C\C(=O)N4C=C(N5CCC(N)CC5)C=C\C4=C/C=C/3)ccc2s1. The molecule has 1 aromatic carbocycles. The number of carbonyl (C=O) groups is 1. The lowest BCUT2D eigenvalue weighted by Crippen LogP contribution is -2.40. The predicted molar refractivity (Wildman–Crippen MR) is 122 cm³/mol. The highest BCUT2D eigenvalue weighted by Gasteiger charge is 2.23. The summed E-state index contributed by atoms with van der Waals surface area (Å²) in [6, 6.07) is 6.48. The van der Waals surface area contributed by atoms with Crippen LogP contribution in [0.1, 0.15) is 23.4 Å². The number of benzene rings is 1. The summed E-state index contributed by atoms with van der Waals surface area (Å²) in [6.07, 6.45) is 15.7. The summed E-state index contributed by atoms with van der Waals surface area (Å²) in [6.45, 7) is 3.86. The van der Waals surface area contributed by atoms with Gasteiger partial charge in [0.2, 0.25) is 0 Å². The van der Waals surface area contributed by atoms with Gasteiger partial charge in [-0.3, -0.25) is 9.69 Å². The molecule has 0 radical (unpaired) electrons. The van der Waals surface area contributed by atoms with Gasteiger partial charge < -0.3 is 10.6 Å². The van der Waals surface area contributed by atoms with Crippen LogP contribution in [0.3, 0.4) is 0 Å². The van der Waals surface area contributed by atoms with Crippen molar-refractivity contribution in [3.05, 3.63) is 82.8 Å². The fourth-order valence-corrected chi connectivity index (χ4v) is 4.88. The number of hydrogen-bond donors (Lipinski definition) is 1. The third-order valence-electron chi connectivity index (χ3n) is 5.76. The average molecular weight is 417 g/mol. The van der Waals surface area contributed by atoms with E-state index < -0.39 is 0 Å². The molecule has 0 unspecified atom stereocenters. The Labute approximate surface area is 180 Å². The molecule has 4 heterocycles. The van der Waals surface area contributed by atoms with E-state index in [1.54, 1.807) is 22.3 Å². The number of aryl methyl sites for hydroxylation is 1. The van der Waals surface area contributed by atoms with Gasteiger partial charge in [-0.15, -0.1) is 11.3 Å². The number of amides is 1. The van der Waals surface area contributed by atoms with Gasteiger partial charge >= 0.3 is 0 Å². The Balaban J connectivity index is 1.46. The first-order valence-electron chi connectivity index (χ1n) is 10.3. The van der Waals surface area contributed by atoms with Gasteiger partial charge in [0.05, 0.1) is 20.9 Å². The van der Waals surface area contributed by atoms with Gasteiger partial charge in [-0.1, -0.05) is 18.2 Å². The van der Waals surface area contributed by atoms with Gasteiger partial charge in [0, 0.05) is 37.1 Å². The first-order valence-corrected chi connectivity index (χ1v) is 11.1. The number of rotatable bonds is 2. The van der Waals surface area contributed by atoms with Crippen molar-refractivity contribution in [1.82, 2.24) is 14.8 Å². The Morgan fingerprint density at radius 3 is 2.77 bits per heavy atom. The van der Waals surface area contributed by atoms with E-state index in [1.165, 1.54) is 0 Å². The maximum absolute atomic E-state index is 13.2. The van der Waals surface area contributed by atoms with Crippen LogP contribution < -0.4 is 5.73 Å². The summed E-state index contributed by atoms with van der Waals surface area (Å²) in [5.74, 6) is -0.0503. The van der Waals surface area contributed by atoms with E-state index in [2.05, 4.69) is 34.2 Å². The van der Waals surface area contributed by atoms with Gasteiger partial charge in [0.15, 0.2) is 0 Å². The van der Waals surface area contributed by atoms with E-state index in [9.17, 15) is 4.79 Å². The quantitative estimate of drug-likeness (QED) is 0.801. The number of likely N-dealkylation sites (tertiary alicyclic amines) is 1. The Bertz CT molecular complexity index is 1160. The number of nitrogens with two attached hydrogens (primary N) is 1. The summed E-state index contributed by atoms with van der Waals surface area (Å²) in [5.41, 5.74) is 10.8. The second-order valence-corrected chi connectivity index (χ2v) is 9.12. The van der Waals surface area contributed by atoms with Crippen LogP contribution in [0.5, 0.6) is 0 Å². The highest BCUT2D eigenvalue weighted by atomic mass is 32.1. The van der Waals surface area contributed by atoms with Crippen molar-refractivity contribution in [2.75, 3.05) is 13.1 Å². The number of hydrogen-bond acceptors (Lipinski definition) is 5. The first-order chi connectivity index (χ1) is 14.6. The maximum Gasteiger partial charge on any atom is 0.255 e. The molecule has 152 valence electrons. The normalized spacial score (nSPS) is 24.5. The number of carbonyl (C=O) groups excluding carboxylic acids is 1. The van der Waals surface area contributed by atoms with Crippen molar-refractivity contribution < 1.29 is 4.79 Å². The largest absolute Gasteiger partial charge is 0.370 e. The fourth-order valence-electron chi connectivity index (χ4n) is 4.08. The minimum Gasteiger partial charge on any atom is -0.370 e. The van der Waals surface area contributed by atoms with Crippen molar-refractivity contribution in [3.63, 3.8) is 0 Å². The minimum atomic E-state index is -0.0503. The van der Waals surface area contributed by atoms with E-state index in [-0.39, 0.29) is 11.9 Å². The van der Waals surface area contributed by atoms with Crippen LogP contribution in [0.15, 0.2) is 72.2 Å². The van der Waals surface area contributed by atoms with E-state index in [1.807, 2.05) is 37.4 Å². The number of nitrogens with zero attached hydrogens (tertiary/aromatic N) is 3. The zero-order valence-electron chi connectivity index (χ0n) is 16.9. The number of piperidine rings is 1. The smallest absolute Gasteiger partial charge is 0.255 e.